The third-order valence-corrected chi connectivity index (χ3v) is 3.28. The Labute approximate surface area is 135 Å². The van der Waals surface area contributed by atoms with Gasteiger partial charge in [0, 0.05) is 0 Å². The number of hydrogen-bond acceptors (Lipinski definition) is 2. The van der Waals surface area contributed by atoms with Gasteiger partial charge < -0.3 is 9.84 Å². The van der Waals surface area contributed by atoms with Crippen LogP contribution in [0.15, 0.2) is 30.0 Å². The average Bonchev–Trinajstić information content (AvgIpc) is 2.50. The molecule has 3 nitrogen and oxygen atoms in total. The molecule has 1 N–H and O–H groups in total. The van der Waals surface area contributed by atoms with E-state index < -0.39 is 5.97 Å². The van der Waals surface area contributed by atoms with Crippen molar-refractivity contribution in [3.05, 3.63) is 30.0 Å². The topological polar surface area (TPSA) is 46.5 Å². The number of carboxylic acid groups (broad SMARTS) is 1. The maximum absolute atomic E-state index is 10.2. The molecule has 126 valence electrons. The number of hydrogen-bond donors (Lipinski definition) is 1. The lowest BCUT2D eigenvalue weighted by Crippen LogP contribution is -1.92. The van der Waals surface area contributed by atoms with Crippen molar-refractivity contribution in [2.24, 2.45) is 0 Å². The fourth-order valence-electron chi connectivity index (χ4n) is 2.03. The Hall–Kier alpha value is -1.31. The highest BCUT2D eigenvalue weighted by Crippen LogP contribution is 2.08. The molecular formula is C19H32O3. The summed E-state index contributed by atoms with van der Waals surface area (Å²) in [5.74, 6) is -0.840. The van der Waals surface area contributed by atoms with Gasteiger partial charge in [0.1, 0.15) is 0 Å². The van der Waals surface area contributed by atoms with Crippen LogP contribution in [-0.4, -0.2) is 24.3 Å². The molecule has 0 saturated heterocycles. The molecule has 0 radical (unpaired) electrons. The first-order valence-electron chi connectivity index (χ1n) is 8.61. The highest BCUT2D eigenvalue weighted by Gasteiger charge is 1.89. The fraction of sp³-hybridized carbons (Fsp3) is 0.684. The third kappa shape index (κ3) is 18.7. The summed E-state index contributed by atoms with van der Waals surface area (Å²) in [6, 6.07) is 0. The van der Waals surface area contributed by atoms with E-state index in [1.54, 1.807) is 6.08 Å². The Balaban J connectivity index is 3.24. The van der Waals surface area contributed by atoms with Crippen LogP contribution in [0.3, 0.4) is 0 Å². The number of ether oxygens (including phenoxy) is 1. The first-order valence-corrected chi connectivity index (χ1v) is 8.61. The zero-order chi connectivity index (χ0) is 16.3. The fourth-order valence-corrected chi connectivity index (χ4v) is 2.03. The van der Waals surface area contributed by atoms with E-state index in [-0.39, 0.29) is 6.42 Å². The molecule has 0 bridgehead atoms. The van der Waals surface area contributed by atoms with Crippen molar-refractivity contribution >= 4 is 5.97 Å². The molecule has 0 rings (SSSR count). The molecule has 0 aromatic carbocycles. The number of unbranched alkanes of at least 4 members (excludes halogenated alkanes) is 7. The lowest BCUT2D eigenvalue weighted by molar-refractivity contribution is -0.135. The predicted molar refractivity (Wildman–Crippen MR) is 92.1 cm³/mol. The van der Waals surface area contributed by atoms with Crippen LogP contribution >= 0.6 is 0 Å². The van der Waals surface area contributed by atoms with Crippen LogP contribution in [0.5, 0.6) is 0 Å². The minimum atomic E-state index is -0.840. The molecule has 22 heavy (non-hydrogen) atoms. The second-order valence-electron chi connectivity index (χ2n) is 5.42. The van der Waals surface area contributed by atoms with Gasteiger partial charge in [-0.05, 0) is 31.4 Å². The van der Waals surface area contributed by atoms with Crippen molar-refractivity contribution in [2.45, 2.75) is 71.1 Å². The summed E-state index contributed by atoms with van der Waals surface area (Å²) in [5, 5.41) is 8.42. The van der Waals surface area contributed by atoms with Crippen molar-refractivity contribution in [1.82, 2.24) is 0 Å². The van der Waals surface area contributed by atoms with Crippen LogP contribution in [-0.2, 0) is 9.53 Å². The Morgan fingerprint density at radius 3 is 2.41 bits per heavy atom. The highest BCUT2D eigenvalue weighted by atomic mass is 16.5. The molecule has 0 amide bonds. The Morgan fingerprint density at radius 1 is 1.00 bits per heavy atom. The van der Waals surface area contributed by atoms with Crippen LogP contribution in [0.2, 0.25) is 0 Å². The summed E-state index contributed by atoms with van der Waals surface area (Å²) in [5.41, 5.74) is 2.79. The lowest BCUT2D eigenvalue weighted by Gasteiger charge is -1.99. The summed E-state index contributed by atoms with van der Waals surface area (Å²) in [6.07, 6.45) is 19.2. The van der Waals surface area contributed by atoms with E-state index >= 15 is 0 Å². The summed E-state index contributed by atoms with van der Waals surface area (Å²) >= 11 is 0. The Morgan fingerprint density at radius 2 is 1.68 bits per heavy atom. The van der Waals surface area contributed by atoms with Crippen molar-refractivity contribution in [3.63, 3.8) is 0 Å². The van der Waals surface area contributed by atoms with E-state index in [2.05, 4.69) is 24.8 Å². The largest absolute Gasteiger partial charge is 0.481 e. The normalized spacial score (nSPS) is 10.6. The van der Waals surface area contributed by atoms with Gasteiger partial charge in [0.15, 0.2) is 0 Å². The SMILES string of the molecule is CCCCCCCCCC=CCCOCC=C=CCC(=O)O. The number of aliphatic carboxylic acids is 1. The molecule has 0 spiro atoms. The molecule has 0 aliphatic carbocycles. The van der Waals surface area contributed by atoms with Gasteiger partial charge >= 0.3 is 5.97 Å². The molecule has 0 aliphatic heterocycles. The summed E-state index contributed by atoms with van der Waals surface area (Å²) in [7, 11) is 0. The van der Waals surface area contributed by atoms with Gasteiger partial charge in [-0.25, -0.2) is 0 Å². The molecule has 0 saturated carbocycles. The van der Waals surface area contributed by atoms with Crippen molar-refractivity contribution in [2.75, 3.05) is 13.2 Å². The van der Waals surface area contributed by atoms with Crippen LogP contribution in [0.4, 0.5) is 0 Å². The van der Waals surface area contributed by atoms with Gasteiger partial charge in [0.05, 0.1) is 19.6 Å². The average molecular weight is 308 g/mol. The van der Waals surface area contributed by atoms with E-state index in [1.807, 2.05) is 0 Å². The van der Waals surface area contributed by atoms with Gasteiger partial charge in [-0.3, -0.25) is 4.79 Å². The molecule has 0 aromatic rings. The van der Waals surface area contributed by atoms with Gasteiger partial charge in [0.2, 0.25) is 0 Å². The molecule has 0 fully saturated rings. The maximum atomic E-state index is 10.2. The second kappa shape index (κ2) is 17.7. The van der Waals surface area contributed by atoms with E-state index in [9.17, 15) is 4.79 Å². The Bertz CT molecular complexity index is 339. The quantitative estimate of drug-likeness (QED) is 0.254. The second-order valence-corrected chi connectivity index (χ2v) is 5.42. The van der Waals surface area contributed by atoms with Gasteiger partial charge in [-0.1, -0.05) is 57.6 Å². The smallest absolute Gasteiger partial charge is 0.307 e. The number of allylic oxidation sites excluding steroid dienone is 1. The number of carbonyl (C=O) groups is 1. The number of rotatable bonds is 15. The minimum absolute atomic E-state index is 0.0117. The minimum Gasteiger partial charge on any atom is -0.481 e. The molecular weight excluding hydrogens is 276 g/mol. The first-order chi connectivity index (χ1) is 10.8. The molecule has 3 heteroatoms. The highest BCUT2D eigenvalue weighted by molar-refractivity contribution is 5.68. The van der Waals surface area contributed by atoms with Crippen molar-refractivity contribution in [1.29, 1.82) is 0 Å². The van der Waals surface area contributed by atoms with E-state index in [0.29, 0.717) is 13.2 Å². The predicted octanol–water partition coefficient (Wildman–Crippen LogP) is 5.28. The summed E-state index contributed by atoms with van der Waals surface area (Å²) in [4.78, 5) is 10.2. The van der Waals surface area contributed by atoms with Crippen molar-refractivity contribution < 1.29 is 14.6 Å². The third-order valence-electron chi connectivity index (χ3n) is 3.28. The van der Waals surface area contributed by atoms with E-state index in [4.69, 9.17) is 9.84 Å². The first kappa shape index (κ1) is 20.7. The summed E-state index contributed by atoms with van der Waals surface area (Å²) < 4.78 is 5.39. The maximum Gasteiger partial charge on any atom is 0.307 e. The zero-order valence-electron chi connectivity index (χ0n) is 14.1. The molecule has 0 aliphatic rings. The van der Waals surface area contributed by atoms with Crippen LogP contribution in [0.25, 0.3) is 0 Å². The standard InChI is InChI=1S/C19H32O3/c1-2-3-4-5-6-7-8-9-10-11-14-17-22-18-15-12-13-16-19(20)21/h10-11,13,15H,2-9,14,16-18H2,1H3,(H,20,21). The van der Waals surface area contributed by atoms with Gasteiger partial charge in [0.25, 0.3) is 0 Å². The van der Waals surface area contributed by atoms with E-state index in [1.165, 1.54) is 57.4 Å². The van der Waals surface area contributed by atoms with Crippen LogP contribution in [0.1, 0.15) is 71.1 Å². The van der Waals surface area contributed by atoms with E-state index in [0.717, 1.165) is 6.42 Å². The molecule has 0 unspecified atom stereocenters. The Kier molecular flexibility index (Phi) is 16.7. The molecule has 0 aromatic heterocycles. The molecule has 0 heterocycles. The van der Waals surface area contributed by atoms with Crippen LogP contribution < -0.4 is 0 Å². The zero-order valence-corrected chi connectivity index (χ0v) is 14.1. The van der Waals surface area contributed by atoms with Crippen molar-refractivity contribution in [3.8, 4) is 0 Å². The monoisotopic (exact) mass is 308 g/mol. The van der Waals surface area contributed by atoms with Crippen LogP contribution in [0, 0.1) is 0 Å². The molecule has 0 atom stereocenters. The lowest BCUT2D eigenvalue weighted by atomic mass is 10.1. The number of carboxylic acids is 1. The van der Waals surface area contributed by atoms with Gasteiger partial charge in [-0.2, -0.15) is 0 Å². The summed E-state index contributed by atoms with van der Waals surface area (Å²) in [6.45, 7) is 3.44. The van der Waals surface area contributed by atoms with Gasteiger partial charge in [-0.15, -0.1) is 5.73 Å².